The minimum atomic E-state index is -0.161. The smallest absolute Gasteiger partial charge is 0.170 e. The van der Waals surface area contributed by atoms with Crippen LogP contribution in [-0.2, 0) is 0 Å². The van der Waals surface area contributed by atoms with Gasteiger partial charge in [-0.2, -0.15) is 0 Å². The van der Waals surface area contributed by atoms with Gasteiger partial charge in [0.05, 0.1) is 12.2 Å². The second-order valence-electron chi connectivity index (χ2n) is 3.85. The number of ketones is 1. The quantitative estimate of drug-likeness (QED) is 0.750. The number of carbonyl (C=O) groups is 1. The minimum absolute atomic E-state index is 0.0502. The molecule has 2 N–H and O–H groups in total. The van der Waals surface area contributed by atoms with Gasteiger partial charge in [0.2, 0.25) is 0 Å². The van der Waals surface area contributed by atoms with Gasteiger partial charge in [-0.1, -0.05) is 26.0 Å². The van der Waals surface area contributed by atoms with E-state index in [1.54, 1.807) is 6.07 Å². The molecule has 16 heavy (non-hydrogen) atoms. The normalized spacial score (nSPS) is 12.2. The van der Waals surface area contributed by atoms with E-state index in [4.69, 9.17) is 10.5 Å². The van der Waals surface area contributed by atoms with Gasteiger partial charge in [-0.25, -0.2) is 0 Å². The van der Waals surface area contributed by atoms with Gasteiger partial charge in [0.15, 0.2) is 5.78 Å². The molecule has 3 heteroatoms. The monoisotopic (exact) mass is 221 g/mol. The fourth-order valence-corrected chi connectivity index (χ4v) is 1.38. The lowest BCUT2D eigenvalue weighted by Gasteiger charge is -2.12. The third-order valence-electron chi connectivity index (χ3n) is 2.42. The van der Waals surface area contributed by atoms with Crippen LogP contribution in [0.25, 0.3) is 0 Å². The van der Waals surface area contributed by atoms with E-state index in [0.717, 1.165) is 6.42 Å². The summed E-state index contributed by atoms with van der Waals surface area (Å²) in [5, 5.41) is 0. The topological polar surface area (TPSA) is 52.3 Å². The van der Waals surface area contributed by atoms with Crippen LogP contribution in [0.5, 0.6) is 5.75 Å². The molecule has 0 radical (unpaired) electrons. The Balaban J connectivity index is 2.89. The lowest BCUT2D eigenvalue weighted by atomic mass is 9.99. The van der Waals surface area contributed by atoms with Crippen molar-refractivity contribution in [1.29, 1.82) is 0 Å². The summed E-state index contributed by atoms with van der Waals surface area (Å²) >= 11 is 0. The zero-order chi connectivity index (χ0) is 12.0. The summed E-state index contributed by atoms with van der Waals surface area (Å²) in [6.07, 6.45) is 0.926. The van der Waals surface area contributed by atoms with Gasteiger partial charge < -0.3 is 10.5 Å². The van der Waals surface area contributed by atoms with Crippen molar-refractivity contribution >= 4 is 5.78 Å². The SMILES string of the molecule is CCCOc1ccccc1C(=O)C(C)CN. The van der Waals surface area contributed by atoms with Crippen LogP contribution in [0.2, 0.25) is 0 Å². The molecule has 1 atom stereocenters. The highest BCUT2D eigenvalue weighted by molar-refractivity contribution is 6.00. The van der Waals surface area contributed by atoms with Gasteiger partial charge in [0.1, 0.15) is 5.75 Å². The molecular formula is C13H19NO2. The zero-order valence-electron chi connectivity index (χ0n) is 9.90. The third-order valence-corrected chi connectivity index (χ3v) is 2.42. The third kappa shape index (κ3) is 3.07. The maximum atomic E-state index is 12.0. The van der Waals surface area contributed by atoms with Gasteiger partial charge in [0, 0.05) is 12.5 Å². The Morgan fingerprint density at radius 3 is 2.75 bits per heavy atom. The van der Waals surface area contributed by atoms with Crippen molar-refractivity contribution in [1.82, 2.24) is 0 Å². The summed E-state index contributed by atoms with van der Waals surface area (Å²) in [4.78, 5) is 12.0. The van der Waals surface area contributed by atoms with E-state index in [-0.39, 0.29) is 11.7 Å². The van der Waals surface area contributed by atoms with Gasteiger partial charge in [0.25, 0.3) is 0 Å². The van der Waals surface area contributed by atoms with Gasteiger partial charge in [-0.3, -0.25) is 4.79 Å². The van der Waals surface area contributed by atoms with Crippen LogP contribution in [-0.4, -0.2) is 18.9 Å². The number of ether oxygens (including phenoxy) is 1. The van der Waals surface area contributed by atoms with Crippen molar-refractivity contribution in [2.75, 3.05) is 13.2 Å². The molecule has 1 unspecified atom stereocenters. The molecule has 0 aliphatic heterocycles. The summed E-state index contributed by atoms with van der Waals surface area (Å²) in [6, 6.07) is 7.33. The van der Waals surface area contributed by atoms with Gasteiger partial charge >= 0.3 is 0 Å². The number of Topliss-reactive ketones (excluding diaryl/α,β-unsaturated/α-hetero) is 1. The molecular weight excluding hydrogens is 202 g/mol. The maximum Gasteiger partial charge on any atom is 0.170 e. The summed E-state index contributed by atoms with van der Waals surface area (Å²) < 4.78 is 5.54. The first kappa shape index (κ1) is 12.7. The Hall–Kier alpha value is -1.35. The van der Waals surface area contributed by atoms with E-state index in [1.807, 2.05) is 32.0 Å². The van der Waals surface area contributed by atoms with Crippen molar-refractivity contribution < 1.29 is 9.53 Å². The average molecular weight is 221 g/mol. The van der Waals surface area contributed by atoms with E-state index in [9.17, 15) is 4.79 Å². The molecule has 0 saturated heterocycles. The van der Waals surface area contributed by atoms with Crippen molar-refractivity contribution in [3.63, 3.8) is 0 Å². The Labute approximate surface area is 96.6 Å². The minimum Gasteiger partial charge on any atom is -0.493 e. The highest BCUT2D eigenvalue weighted by Crippen LogP contribution is 2.21. The van der Waals surface area contributed by atoms with Crippen LogP contribution in [0, 0.1) is 5.92 Å². The molecule has 0 heterocycles. The van der Waals surface area contributed by atoms with Crippen LogP contribution in [0.15, 0.2) is 24.3 Å². The van der Waals surface area contributed by atoms with Crippen molar-refractivity contribution in [3.05, 3.63) is 29.8 Å². The number of carbonyl (C=O) groups excluding carboxylic acids is 1. The Morgan fingerprint density at radius 1 is 1.44 bits per heavy atom. The van der Waals surface area contributed by atoms with Crippen LogP contribution in [0.4, 0.5) is 0 Å². The first-order valence-electron chi connectivity index (χ1n) is 5.66. The van der Waals surface area contributed by atoms with E-state index in [1.165, 1.54) is 0 Å². The molecule has 3 nitrogen and oxygen atoms in total. The lowest BCUT2D eigenvalue weighted by molar-refractivity contribution is 0.0930. The average Bonchev–Trinajstić information content (AvgIpc) is 2.34. The van der Waals surface area contributed by atoms with Crippen LogP contribution < -0.4 is 10.5 Å². The molecule has 88 valence electrons. The van der Waals surface area contributed by atoms with Crippen LogP contribution >= 0.6 is 0 Å². The number of hydrogen-bond acceptors (Lipinski definition) is 3. The molecule has 0 aliphatic carbocycles. The summed E-state index contributed by atoms with van der Waals surface area (Å²) in [6.45, 7) is 4.86. The second-order valence-corrected chi connectivity index (χ2v) is 3.85. The van der Waals surface area contributed by atoms with Crippen molar-refractivity contribution in [3.8, 4) is 5.75 Å². The number of benzene rings is 1. The van der Waals surface area contributed by atoms with Crippen LogP contribution in [0.3, 0.4) is 0 Å². The summed E-state index contributed by atoms with van der Waals surface area (Å²) in [5.41, 5.74) is 6.13. The van der Waals surface area contributed by atoms with Crippen LogP contribution in [0.1, 0.15) is 30.6 Å². The standard InChI is InChI=1S/C13H19NO2/c1-3-8-16-12-7-5-4-6-11(12)13(15)10(2)9-14/h4-7,10H,3,8-9,14H2,1-2H3. The van der Waals surface area contributed by atoms with Gasteiger partial charge in [-0.15, -0.1) is 0 Å². The Morgan fingerprint density at radius 2 is 2.12 bits per heavy atom. The Kier molecular flexibility index (Phi) is 4.99. The molecule has 0 amide bonds. The Bertz CT molecular complexity index is 350. The second kappa shape index (κ2) is 6.28. The molecule has 0 bridgehead atoms. The van der Waals surface area contributed by atoms with Gasteiger partial charge in [-0.05, 0) is 18.6 Å². The molecule has 0 spiro atoms. The molecule has 1 rings (SSSR count). The van der Waals surface area contributed by atoms with E-state index in [2.05, 4.69) is 0 Å². The van der Waals surface area contributed by atoms with E-state index in [0.29, 0.717) is 24.5 Å². The summed E-state index contributed by atoms with van der Waals surface area (Å²) in [7, 11) is 0. The molecule has 1 aromatic carbocycles. The fraction of sp³-hybridized carbons (Fsp3) is 0.462. The summed E-state index contributed by atoms with van der Waals surface area (Å²) in [5.74, 6) is 0.551. The number of hydrogen-bond donors (Lipinski definition) is 1. The molecule has 0 saturated carbocycles. The predicted octanol–water partition coefficient (Wildman–Crippen LogP) is 2.25. The first-order valence-corrected chi connectivity index (χ1v) is 5.66. The highest BCUT2D eigenvalue weighted by atomic mass is 16.5. The molecule has 0 fully saturated rings. The largest absolute Gasteiger partial charge is 0.493 e. The van der Waals surface area contributed by atoms with E-state index >= 15 is 0 Å². The molecule has 1 aromatic rings. The lowest BCUT2D eigenvalue weighted by Crippen LogP contribution is -2.21. The number of para-hydroxylation sites is 1. The first-order chi connectivity index (χ1) is 7.70. The maximum absolute atomic E-state index is 12.0. The highest BCUT2D eigenvalue weighted by Gasteiger charge is 2.17. The molecule has 0 aliphatic rings. The predicted molar refractivity (Wildman–Crippen MR) is 64.8 cm³/mol. The number of nitrogens with two attached hydrogens (primary N) is 1. The van der Waals surface area contributed by atoms with Crippen molar-refractivity contribution in [2.24, 2.45) is 11.7 Å². The van der Waals surface area contributed by atoms with E-state index < -0.39 is 0 Å². The van der Waals surface area contributed by atoms with Crippen molar-refractivity contribution in [2.45, 2.75) is 20.3 Å². The number of rotatable bonds is 6. The zero-order valence-corrected chi connectivity index (χ0v) is 9.90. The molecule has 0 aromatic heterocycles. The fourth-order valence-electron chi connectivity index (χ4n) is 1.38.